The second-order valence-corrected chi connectivity index (χ2v) is 7.68. The van der Waals surface area contributed by atoms with Crippen molar-refractivity contribution >= 4 is 19.4 Å². The topological polar surface area (TPSA) is 9.23 Å². The average Bonchev–Trinajstić information content (AvgIpc) is 1.83. The van der Waals surface area contributed by atoms with E-state index in [0.29, 0.717) is 0 Å². The van der Waals surface area contributed by atoms with Gasteiger partial charge in [-0.1, -0.05) is 25.9 Å². The third-order valence-corrected chi connectivity index (χ3v) is 6.82. The lowest BCUT2D eigenvalue weighted by Gasteiger charge is -2.04. The molecule has 0 saturated carbocycles. The molecule has 0 unspecified atom stereocenters. The van der Waals surface area contributed by atoms with Crippen molar-refractivity contribution in [3.05, 3.63) is 0 Å². The third-order valence-electron chi connectivity index (χ3n) is 1.14. The normalized spacial score (nSPS) is 10.5. The maximum Gasteiger partial charge on any atom is 0.136 e. The molecule has 0 atom stereocenters. The van der Waals surface area contributed by atoms with Crippen LogP contribution in [-0.4, -0.2) is 15.1 Å². The highest BCUT2D eigenvalue weighted by atomic mass is 32.4. The highest BCUT2D eigenvalue weighted by Gasteiger charge is 2.03. The fourth-order valence-corrected chi connectivity index (χ4v) is 3.32. The van der Waals surface area contributed by atoms with Crippen LogP contribution in [0.15, 0.2) is 0 Å². The van der Waals surface area contributed by atoms with E-state index in [9.17, 15) is 0 Å². The summed E-state index contributed by atoms with van der Waals surface area (Å²) in [6.07, 6.45) is 0. The van der Waals surface area contributed by atoms with Crippen LogP contribution in [0, 0.1) is 0 Å². The van der Waals surface area contributed by atoms with Gasteiger partial charge in [0.2, 0.25) is 0 Å². The Morgan fingerprint density at radius 3 is 2.00 bits per heavy atom. The standard InChI is InChI=1S/C5H14OSSi/c1-4-8(5-2)7-6-3/h8H,4-5H2,1-3H3. The van der Waals surface area contributed by atoms with E-state index in [2.05, 4.69) is 13.8 Å². The summed E-state index contributed by atoms with van der Waals surface area (Å²) in [7, 11) is 1.26. The predicted octanol–water partition coefficient (Wildman–Crippen LogP) is 2.04. The van der Waals surface area contributed by atoms with Crippen LogP contribution in [0.5, 0.6) is 0 Å². The molecule has 0 N–H and O–H groups in total. The summed E-state index contributed by atoms with van der Waals surface area (Å²) in [6, 6.07) is 2.68. The lowest BCUT2D eigenvalue weighted by molar-refractivity contribution is 0.496. The van der Waals surface area contributed by atoms with E-state index in [-0.39, 0.29) is 0 Å². The fourth-order valence-electron chi connectivity index (χ4n) is 0.561. The van der Waals surface area contributed by atoms with Crippen LogP contribution in [-0.2, 0) is 4.18 Å². The quantitative estimate of drug-likeness (QED) is 0.448. The molecule has 0 amide bonds. The Kier molecular flexibility index (Phi) is 6.03. The SMILES string of the molecule is CC[SiH](CC)SOC. The van der Waals surface area contributed by atoms with Gasteiger partial charge in [-0.25, -0.2) is 0 Å². The van der Waals surface area contributed by atoms with E-state index in [1.165, 1.54) is 12.1 Å². The summed E-state index contributed by atoms with van der Waals surface area (Å²) < 4.78 is 4.96. The summed E-state index contributed by atoms with van der Waals surface area (Å²) in [5.74, 6) is 0. The summed E-state index contributed by atoms with van der Waals surface area (Å²) in [4.78, 5) is 0. The molecule has 50 valence electrons. The van der Waals surface area contributed by atoms with Gasteiger partial charge in [0.1, 0.15) is 7.95 Å². The molecule has 0 aromatic rings. The van der Waals surface area contributed by atoms with Crippen molar-refractivity contribution in [2.75, 3.05) is 7.11 Å². The van der Waals surface area contributed by atoms with Gasteiger partial charge in [-0.05, 0) is 11.5 Å². The van der Waals surface area contributed by atoms with Crippen molar-refractivity contribution in [3.8, 4) is 0 Å². The van der Waals surface area contributed by atoms with E-state index < -0.39 is 7.95 Å². The molecule has 0 aliphatic heterocycles. The molecule has 0 radical (unpaired) electrons. The molecule has 0 rings (SSSR count). The molecular formula is C5H14OSSi. The average molecular weight is 150 g/mol. The minimum atomic E-state index is -0.498. The van der Waals surface area contributed by atoms with Crippen LogP contribution in [0.2, 0.25) is 12.1 Å². The summed E-state index contributed by atoms with van der Waals surface area (Å²) >= 11 is 1.72. The van der Waals surface area contributed by atoms with Gasteiger partial charge in [-0.15, -0.1) is 0 Å². The van der Waals surface area contributed by atoms with Gasteiger partial charge in [-0.2, -0.15) is 0 Å². The molecule has 8 heavy (non-hydrogen) atoms. The van der Waals surface area contributed by atoms with Crippen LogP contribution in [0.25, 0.3) is 0 Å². The summed E-state index contributed by atoms with van der Waals surface area (Å²) in [6.45, 7) is 4.48. The Labute approximate surface area is 57.3 Å². The van der Waals surface area contributed by atoms with E-state index in [0.717, 1.165) is 0 Å². The van der Waals surface area contributed by atoms with Crippen LogP contribution < -0.4 is 0 Å². The van der Waals surface area contributed by atoms with Crippen molar-refractivity contribution in [2.24, 2.45) is 0 Å². The van der Waals surface area contributed by atoms with E-state index >= 15 is 0 Å². The molecule has 0 saturated heterocycles. The molecule has 0 aliphatic rings. The Hall–Kier alpha value is 0.527. The second-order valence-electron chi connectivity index (χ2n) is 1.70. The lowest BCUT2D eigenvalue weighted by Crippen LogP contribution is -2.02. The highest BCUT2D eigenvalue weighted by molar-refractivity contribution is 8.21. The first-order valence-corrected chi connectivity index (χ1v) is 6.89. The van der Waals surface area contributed by atoms with Crippen LogP contribution in [0.4, 0.5) is 0 Å². The predicted molar refractivity (Wildman–Crippen MR) is 42.7 cm³/mol. The lowest BCUT2D eigenvalue weighted by atomic mass is 11.0. The Morgan fingerprint density at radius 1 is 1.38 bits per heavy atom. The minimum Gasteiger partial charge on any atom is -0.326 e. The zero-order valence-corrected chi connectivity index (χ0v) is 7.78. The maximum atomic E-state index is 4.96. The van der Waals surface area contributed by atoms with Crippen molar-refractivity contribution in [1.82, 2.24) is 0 Å². The van der Waals surface area contributed by atoms with Gasteiger partial charge in [0.15, 0.2) is 0 Å². The number of hydrogen-bond donors (Lipinski definition) is 0. The largest absolute Gasteiger partial charge is 0.326 e. The zero-order valence-electron chi connectivity index (χ0n) is 5.81. The Morgan fingerprint density at radius 2 is 1.88 bits per heavy atom. The highest BCUT2D eigenvalue weighted by Crippen LogP contribution is 2.13. The van der Waals surface area contributed by atoms with Crippen LogP contribution in [0.3, 0.4) is 0 Å². The number of hydrogen-bond acceptors (Lipinski definition) is 2. The molecule has 3 heteroatoms. The molecule has 0 heterocycles. The van der Waals surface area contributed by atoms with Crippen molar-refractivity contribution in [2.45, 2.75) is 25.9 Å². The van der Waals surface area contributed by atoms with Crippen molar-refractivity contribution in [1.29, 1.82) is 0 Å². The zero-order chi connectivity index (χ0) is 6.41. The Bertz CT molecular complexity index is 47.7. The van der Waals surface area contributed by atoms with Crippen LogP contribution in [0.1, 0.15) is 13.8 Å². The van der Waals surface area contributed by atoms with E-state index in [1.807, 2.05) is 0 Å². The van der Waals surface area contributed by atoms with Gasteiger partial charge in [0.05, 0.1) is 0 Å². The van der Waals surface area contributed by atoms with Gasteiger partial charge in [0, 0.05) is 7.11 Å². The summed E-state index contributed by atoms with van der Waals surface area (Å²) in [5, 5.41) is 0. The van der Waals surface area contributed by atoms with E-state index in [4.69, 9.17) is 4.18 Å². The van der Waals surface area contributed by atoms with Gasteiger partial charge >= 0.3 is 0 Å². The smallest absolute Gasteiger partial charge is 0.136 e. The first-order chi connectivity index (χ1) is 3.85. The first-order valence-electron chi connectivity index (χ1n) is 3.04. The molecule has 1 nitrogen and oxygen atoms in total. The second kappa shape index (κ2) is 5.66. The molecule has 0 bridgehead atoms. The monoisotopic (exact) mass is 150 g/mol. The molecule has 0 aliphatic carbocycles. The first kappa shape index (κ1) is 8.53. The third kappa shape index (κ3) is 3.52. The van der Waals surface area contributed by atoms with Crippen LogP contribution >= 0.6 is 11.5 Å². The van der Waals surface area contributed by atoms with Gasteiger partial charge in [0.25, 0.3) is 0 Å². The van der Waals surface area contributed by atoms with Gasteiger partial charge in [-0.3, -0.25) is 0 Å². The molecular weight excluding hydrogens is 136 g/mol. The number of rotatable bonds is 4. The summed E-state index contributed by atoms with van der Waals surface area (Å²) in [5.41, 5.74) is 0. The van der Waals surface area contributed by atoms with Crippen molar-refractivity contribution in [3.63, 3.8) is 0 Å². The Balaban J connectivity index is 3.07. The molecule has 0 aromatic carbocycles. The fraction of sp³-hybridized carbons (Fsp3) is 1.00. The minimum absolute atomic E-state index is 0.498. The maximum absolute atomic E-state index is 4.96. The molecule has 0 spiro atoms. The van der Waals surface area contributed by atoms with Gasteiger partial charge < -0.3 is 4.18 Å². The molecule has 0 fully saturated rings. The van der Waals surface area contributed by atoms with E-state index in [1.54, 1.807) is 18.6 Å². The van der Waals surface area contributed by atoms with Crippen molar-refractivity contribution < 1.29 is 4.18 Å². The molecule has 0 aromatic heterocycles.